The highest BCUT2D eigenvalue weighted by Crippen LogP contribution is 2.40. The highest BCUT2D eigenvalue weighted by atomic mass is 32.2. The zero-order chi connectivity index (χ0) is 12.0. The van der Waals surface area contributed by atoms with Gasteiger partial charge in [0.15, 0.2) is 0 Å². The Hall–Kier alpha value is -1.21. The SMILES string of the molecule is Nc1ncc(S(=O)(=O)N2CC3CCC2C3)cn1. The van der Waals surface area contributed by atoms with Crippen LogP contribution in [0.15, 0.2) is 17.3 Å². The van der Waals surface area contributed by atoms with Crippen LogP contribution in [0.2, 0.25) is 0 Å². The smallest absolute Gasteiger partial charge is 0.246 e. The van der Waals surface area contributed by atoms with Gasteiger partial charge in [0.05, 0.1) is 12.4 Å². The van der Waals surface area contributed by atoms with Gasteiger partial charge in [-0.3, -0.25) is 0 Å². The van der Waals surface area contributed by atoms with E-state index in [0.29, 0.717) is 12.5 Å². The summed E-state index contributed by atoms with van der Waals surface area (Å²) in [6, 6.07) is 0.169. The molecule has 92 valence electrons. The van der Waals surface area contributed by atoms with Crippen molar-refractivity contribution in [2.75, 3.05) is 12.3 Å². The number of rotatable bonds is 2. The molecule has 1 aromatic heterocycles. The summed E-state index contributed by atoms with van der Waals surface area (Å²) in [5.41, 5.74) is 5.35. The first kappa shape index (κ1) is 10.9. The van der Waals surface area contributed by atoms with Crippen molar-refractivity contribution in [1.82, 2.24) is 14.3 Å². The van der Waals surface area contributed by atoms with Crippen molar-refractivity contribution in [3.63, 3.8) is 0 Å². The predicted octanol–water partition coefficient (Wildman–Crippen LogP) is 0.232. The Morgan fingerprint density at radius 3 is 2.53 bits per heavy atom. The summed E-state index contributed by atoms with van der Waals surface area (Å²) in [5, 5.41) is 0. The highest BCUT2D eigenvalue weighted by molar-refractivity contribution is 7.89. The van der Waals surface area contributed by atoms with E-state index in [2.05, 4.69) is 9.97 Å². The van der Waals surface area contributed by atoms with Gasteiger partial charge in [-0.1, -0.05) is 0 Å². The van der Waals surface area contributed by atoms with E-state index >= 15 is 0 Å². The quantitative estimate of drug-likeness (QED) is 0.816. The maximum Gasteiger partial charge on any atom is 0.246 e. The summed E-state index contributed by atoms with van der Waals surface area (Å²) in [6.45, 7) is 0.636. The molecule has 2 heterocycles. The normalized spacial score (nSPS) is 28.7. The lowest BCUT2D eigenvalue weighted by Crippen LogP contribution is -2.37. The van der Waals surface area contributed by atoms with Crippen LogP contribution in [-0.4, -0.2) is 35.3 Å². The Balaban J connectivity index is 1.93. The number of nitrogen functional groups attached to an aromatic ring is 1. The number of aromatic nitrogens is 2. The summed E-state index contributed by atoms with van der Waals surface area (Å²) in [4.78, 5) is 7.62. The fourth-order valence-corrected chi connectivity index (χ4v) is 4.40. The summed E-state index contributed by atoms with van der Waals surface area (Å²) in [6.07, 6.45) is 5.68. The monoisotopic (exact) mass is 254 g/mol. The molecule has 1 aliphatic carbocycles. The largest absolute Gasteiger partial charge is 0.368 e. The van der Waals surface area contributed by atoms with Gasteiger partial charge < -0.3 is 5.73 Å². The van der Waals surface area contributed by atoms with Gasteiger partial charge in [-0.15, -0.1) is 0 Å². The molecule has 2 atom stereocenters. The molecule has 17 heavy (non-hydrogen) atoms. The number of hydrogen-bond acceptors (Lipinski definition) is 5. The van der Waals surface area contributed by atoms with Crippen LogP contribution in [-0.2, 0) is 10.0 Å². The van der Waals surface area contributed by atoms with Crippen molar-refractivity contribution in [2.24, 2.45) is 5.92 Å². The second kappa shape index (κ2) is 3.64. The number of piperidine rings is 1. The Bertz CT molecular complexity index is 528. The molecule has 2 unspecified atom stereocenters. The van der Waals surface area contributed by atoms with E-state index in [0.717, 1.165) is 19.3 Å². The van der Waals surface area contributed by atoms with Crippen LogP contribution in [0, 0.1) is 5.92 Å². The maximum atomic E-state index is 12.3. The topological polar surface area (TPSA) is 89.2 Å². The number of fused-ring (bicyclic) bond motifs is 2. The molecule has 3 rings (SSSR count). The zero-order valence-corrected chi connectivity index (χ0v) is 10.1. The Labute approximate surface area is 99.9 Å². The molecule has 7 heteroatoms. The van der Waals surface area contributed by atoms with Crippen molar-refractivity contribution >= 4 is 16.0 Å². The Morgan fingerprint density at radius 2 is 2.00 bits per heavy atom. The van der Waals surface area contributed by atoms with E-state index < -0.39 is 10.0 Å². The summed E-state index contributed by atoms with van der Waals surface area (Å²) in [5.74, 6) is 0.622. The van der Waals surface area contributed by atoms with Crippen LogP contribution in [0.4, 0.5) is 5.95 Å². The van der Waals surface area contributed by atoms with E-state index in [4.69, 9.17) is 5.73 Å². The first-order chi connectivity index (χ1) is 8.07. The van der Waals surface area contributed by atoms with Crippen LogP contribution < -0.4 is 5.73 Å². The molecule has 2 aliphatic rings. The molecule has 2 fully saturated rings. The Kier molecular flexibility index (Phi) is 2.34. The summed E-state index contributed by atoms with van der Waals surface area (Å²) < 4.78 is 26.3. The lowest BCUT2D eigenvalue weighted by Gasteiger charge is -2.25. The van der Waals surface area contributed by atoms with Crippen LogP contribution in [0.25, 0.3) is 0 Å². The first-order valence-corrected chi connectivity index (χ1v) is 7.11. The summed E-state index contributed by atoms with van der Waals surface area (Å²) in [7, 11) is -3.43. The second-order valence-corrected chi connectivity index (χ2v) is 6.58. The average Bonchev–Trinajstić information content (AvgIpc) is 2.91. The van der Waals surface area contributed by atoms with Gasteiger partial charge in [0.25, 0.3) is 0 Å². The molecule has 0 spiro atoms. The van der Waals surface area contributed by atoms with Gasteiger partial charge in [0.2, 0.25) is 16.0 Å². The third-order valence-corrected chi connectivity index (χ3v) is 5.48. The van der Waals surface area contributed by atoms with E-state index in [-0.39, 0.29) is 16.9 Å². The van der Waals surface area contributed by atoms with Crippen LogP contribution in [0.1, 0.15) is 19.3 Å². The number of anilines is 1. The molecule has 1 saturated carbocycles. The van der Waals surface area contributed by atoms with Crippen LogP contribution in [0.5, 0.6) is 0 Å². The fraction of sp³-hybridized carbons (Fsp3) is 0.600. The zero-order valence-electron chi connectivity index (χ0n) is 9.28. The van der Waals surface area contributed by atoms with Gasteiger partial charge in [-0.05, 0) is 25.2 Å². The highest BCUT2D eigenvalue weighted by Gasteiger charge is 2.44. The summed E-state index contributed by atoms with van der Waals surface area (Å²) >= 11 is 0. The number of hydrogen-bond donors (Lipinski definition) is 1. The molecular formula is C10H14N4O2S. The molecule has 2 bridgehead atoms. The van der Waals surface area contributed by atoms with Crippen LogP contribution in [0.3, 0.4) is 0 Å². The minimum absolute atomic E-state index is 0.0897. The first-order valence-electron chi connectivity index (χ1n) is 5.67. The molecular weight excluding hydrogens is 240 g/mol. The maximum absolute atomic E-state index is 12.3. The van der Waals surface area contributed by atoms with Gasteiger partial charge in [-0.2, -0.15) is 4.31 Å². The standard InChI is InChI=1S/C10H14N4O2S/c11-10-12-4-9(5-13-10)17(15,16)14-6-7-1-2-8(14)3-7/h4-5,7-8H,1-3,6H2,(H2,11,12,13). The minimum atomic E-state index is -3.43. The predicted molar refractivity (Wildman–Crippen MR) is 61.5 cm³/mol. The third kappa shape index (κ3) is 1.69. The molecule has 1 aliphatic heterocycles. The van der Waals surface area contributed by atoms with Gasteiger partial charge in [-0.25, -0.2) is 18.4 Å². The Morgan fingerprint density at radius 1 is 1.29 bits per heavy atom. The van der Waals surface area contributed by atoms with E-state index in [9.17, 15) is 8.42 Å². The lowest BCUT2D eigenvalue weighted by atomic mass is 10.1. The number of nitrogens with zero attached hydrogens (tertiary/aromatic N) is 3. The van der Waals surface area contributed by atoms with Gasteiger partial charge in [0, 0.05) is 12.6 Å². The van der Waals surface area contributed by atoms with Crippen molar-refractivity contribution in [3.8, 4) is 0 Å². The molecule has 0 amide bonds. The van der Waals surface area contributed by atoms with Crippen molar-refractivity contribution in [2.45, 2.75) is 30.2 Å². The number of nitrogens with two attached hydrogens (primary N) is 1. The van der Waals surface area contributed by atoms with Crippen molar-refractivity contribution < 1.29 is 8.42 Å². The minimum Gasteiger partial charge on any atom is -0.368 e. The molecule has 1 aromatic rings. The third-order valence-electron chi connectivity index (χ3n) is 3.61. The second-order valence-electron chi connectivity index (χ2n) is 4.68. The van der Waals surface area contributed by atoms with Gasteiger partial charge >= 0.3 is 0 Å². The molecule has 6 nitrogen and oxygen atoms in total. The van der Waals surface area contributed by atoms with E-state index in [1.165, 1.54) is 12.4 Å². The van der Waals surface area contributed by atoms with Crippen molar-refractivity contribution in [3.05, 3.63) is 12.4 Å². The van der Waals surface area contributed by atoms with Crippen LogP contribution >= 0.6 is 0 Å². The molecule has 0 aromatic carbocycles. The van der Waals surface area contributed by atoms with E-state index in [1.807, 2.05) is 0 Å². The molecule has 0 radical (unpaired) electrons. The lowest BCUT2D eigenvalue weighted by molar-refractivity contribution is 0.333. The molecule has 1 saturated heterocycles. The van der Waals surface area contributed by atoms with E-state index in [1.54, 1.807) is 4.31 Å². The average molecular weight is 254 g/mol. The molecule has 2 N–H and O–H groups in total. The number of sulfonamides is 1. The van der Waals surface area contributed by atoms with Gasteiger partial charge in [0.1, 0.15) is 4.90 Å². The fourth-order valence-electron chi connectivity index (χ4n) is 2.77. The van der Waals surface area contributed by atoms with Crippen molar-refractivity contribution in [1.29, 1.82) is 0 Å².